The van der Waals surface area contributed by atoms with Gasteiger partial charge in [-0.1, -0.05) is 0 Å². The Morgan fingerprint density at radius 2 is 2.37 bits per heavy atom. The van der Waals surface area contributed by atoms with E-state index in [1.807, 2.05) is 12.5 Å². The molecule has 1 aromatic rings. The first kappa shape index (κ1) is 14.5. The predicted octanol–water partition coefficient (Wildman–Crippen LogP) is 2.11. The fourth-order valence-electron chi connectivity index (χ4n) is 2.84. The highest BCUT2D eigenvalue weighted by atomic mass is 15.2. The van der Waals surface area contributed by atoms with E-state index < -0.39 is 0 Å². The quantitative estimate of drug-likeness (QED) is 0.854. The minimum atomic E-state index is 0.585. The number of rotatable bonds is 6. The predicted molar refractivity (Wildman–Crippen MR) is 79.0 cm³/mol. The molecule has 0 bridgehead atoms. The van der Waals surface area contributed by atoms with E-state index in [1.54, 1.807) is 0 Å². The molecule has 0 aromatic carbocycles. The van der Waals surface area contributed by atoms with Gasteiger partial charge in [0.15, 0.2) is 0 Å². The molecule has 1 N–H and O–H groups in total. The molecule has 1 unspecified atom stereocenters. The maximum Gasteiger partial charge on any atom is 0.0948 e. The molecule has 0 radical (unpaired) electrons. The van der Waals surface area contributed by atoms with E-state index in [0.717, 1.165) is 19.0 Å². The van der Waals surface area contributed by atoms with Crippen LogP contribution in [0, 0.1) is 5.92 Å². The second kappa shape index (κ2) is 7.06. The van der Waals surface area contributed by atoms with Gasteiger partial charge in [-0.15, -0.1) is 0 Å². The molecule has 4 heteroatoms. The van der Waals surface area contributed by atoms with E-state index in [2.05, 4.69) is 40.5 Å². The summed E-state index contributed by atoms with van der Waals surface area (Å²) in [6, 6.07) is 0.585. The van der Waals surface area contributed by atoms with E-state index in [0.29, 0.717) is 6.04 Å². The fraction of sp³-hybridized carbons (Fsp3) is 0.800. The second-order valence-electron chi connectivity index (χ2n) is 5.91. The number of nitrogens with zero attached hydrogens (tertiary/aromatic N) is 3. The summed E-state index contributed by atoms with van der Waals surface area (Å²) in [5, 5.41) is 3.52. The van der Waals surface area contributed by atoms with Crippen molar-refractivity contribution in [2.75, 3.05) is 19.6 Å². The van der Waals surface area contributed by atoms with Gasteiger partial charge in [-0.3, -0.25) is 4.90 Å². The van der Waals surface area contributed by atoms with Gasteiger partial charge in [-0.2, -0.15) is 0 Å². The normalized spacial score (nSPS) is 20.4. The maximum absolute atomic E-state index is 4.28. The van der Waals surface area contributed by atoms with Crippen LogP contribution in [-0.2, 0) is 13.1 Å². The molecule has 1 fully saturated rings. The Kier molecular flexibility index (Phi) is 5.40. The Hall–Kier alpha value is -0.870. The molecular formula is C15H28N4. The molecule has 1 saturated heterocycles. The van der Waals surface area contributed by atoms with E-state index in [4.69, 9.17) is 0 Å². The molecule has 1 atom stereocenters. The lowest BCUT2D eigenvalue weighted by atomic mass is 9.98. The van der Waals surface area contributed by atoms with Crippen molar-refractivity contribution >= 4 is 0 Å². The Morgan fingerprint density at radius 3 is 3.00 bits per heavy atom. The van der Waals surface area contributed by atoms with Crippen molar-refractivity contribution in [3.8, 4) is 0 Å². The molecule has 2 heterocycles. The summed E-state index contributed by atoms with van der Waals surface area (Å²) in [5.41, 5.74) is 1.33. The summed E-state index contributed by atoms with van der Waals surface area (Å²) in [6.45, 7) is 12.4. The van der Waals surface area contributed by atoms with Crippen molar-refractivity contribution < 1.29 is 0 Å². The van der Waals surface area contributed by atoms with Gasteiger partial charge in [0.05, 0.1) is 12.0 Å². The zero-order chi connectivity index (χ0) is 13.7. The van der Waals surface area contributed by atoms with Gasteiger partial charge in [0.2, 0.25) is 0 Å². The summed E-state index contributed by atoms with van der Waals surface area (Å²) in [6.07, 6.45) is 6.64. The summed E-state index contributed by atoms with van der Waals surface area (Å²) < 4.78 is 2.24. The summed E-state index contributed by atoms with van der Waals surface area (Å²) in [4.78, 5) is 6.86. The highest BCUT2D eigenvalue weighted by molar-refractivity contribution is 4.98. The Labute approximate surface area is 117 Å². The SMILES string of the molecule is CCn1cncc1CN(CC1CCCNC1)C(C)C. The van der Waals surface area contributed by atoms with Crippen LogP contribution in [0.25, 0.3) is 0 Å². The maximum atomic E-state index is 4.28. The van der Waals surface area contributed by atoms with E-state index in [1.165, 1.54) is 38.2 Å². The van der Waals surface area contributed by atoms with Crippen molar-refractivity contribution in [2.45, 2.75) is 52.7 Å². The first-order chi connectivity index (χ1) is 9.20. The molecule has 0 amide bonds. The van der Waals surface area contributed by atoms with Crippen LogP contribution in [-0.4, -0.2) is 40.1 Å². The topological polar surface area (TPSA) is 33.1 Å². The third-order valence-electron chi connectivity index (χ3n) is 4.13. The van der Waals surface area contributed by atoms with Crippen LogP contribution in [0.4, 0.5) is 0 Å². The minimum Gasteiger partial charge on any atom is -0.334 e. The van der Waals surface area contributed by atoms with Crippen LogP contribution in [0.2, 0.25) is 0 Å². The number of piperidine rings is 1. The van der Waals surface area contributed by atoms with Crippen LogP contribution in [0.1, 0.15) is 39.3 Å². The molecular weight excluding hydrogens is 236 g/mol. The first-order valence-corrected chi connectivity index (χ1v) is 7.64. The summed E-state index contributed by atoms with van der Waals surface area (Å²) >= 11 is 0. The van der Waals surface area contributed by atoms with Crippen LogP contribution in [0.5, 0.6) is 0 Å². The standard InChI is InChI=1S/C15H28N4/c1-4-18-12-17-9-15(18)11-19(13(2)3)10-14-6-5-7-16-8-14/h9,12-14,16H,4-8,10-11H2,1-3H3. The third-order valence-corrected chi connectivity index (χ3v) is 4.13. The van der Waals surface area contributed by atoms with Gasteiger partial charge < -0.3 is 9.88 Å². The van der Waals surface area contributed by atoms with Gasteiger partial charge in [0.25, 0.3) is 0 Å². The molecule has 0 spiro atoms. The third kappa shape index (κ3) is 4.05. The number of aromatic nitrogens is 2. The van der Waals surface area contributed by atoms with E-state index in [9.17, 15) is 0 Å². The monoisotopic (exact) mass is 264 g/mol. The molecule has 19 heavy (non-hydrogen) atoms. The highest BCUT2D eigenvalue weighted by Gasteiger charge is 2.19. The van der Waals surface area contributed by atoms with Gasteiger partial charge in [-0.25, -0.2) is 4.98 Å². The molecule has 0 saturated carbocycles. The number of hydrogen-bond donors (Lipinski definition) is 1. The molecule has 0 aliphatic carbocycles. The molecule has 1 aromatic heterocycles. The Balaban J connectivity index is 1.95. The Morgan fingerprint density at radius 1 is 1.53 bits per heavy atom. The fourth-order valence-corrected chi connectivity index (χ4v) is 2.84. The molecule has 4 nitrogen and oxygen atoms in total. The number of hydrogen-bond acceptors (Lipinski definition) is 3. The highest BCUT2D eigenvalue weighted by Crippen LogP contribution is 2.16. The zero-order valence-electron chi connectivity index (χ0n) is 12.6. The minimum absolute atomic E-state index is 0.585. The summed E-state index contributed by atoms with van der Waals surface area (Å²) in [7, 11) is 0. The van der Waals surface area contributed by atoms with Crippen molar-refractivity contribution in [1.82, 2.24) is 19.8 Å². The largest absolute Gasteiger partial charge is 0.334 e. The van der Waals surface area contributed by atoms with Crippen molar-refractivity contribution in [1.29, 1.82) is 0 Å². The van der Waals surface area contributed by atoms with Crippen LogP contribution in [0.15, 0.2) is 12.5 Å². The van der Waals surface area contributed by atoms with Gasteiger partial charge in [0.1, 0.15) is 0 Å². The number of nitrogens with one attached hydrogen (secondary N) is 1. The lowest BCUT2D eigenvalue weighted by Crippen LogP contribution is -2.41. The Bertz CT molecular complexity index is 366. The van der Waals surface area contributed by atoms with Crippen LogP contribution >= 0.6 is 0 Å². The second-order valence-corrected chi connectivity index (χ2v) is 5.91. The average molecular weight is 264 g/mol. The van der Waals surface area contributed by atoms with Crippen molar-refractivity contribution in [3.63, 3.8) is 0 Å². The smallest absolute Gasteiger partial charge is 0.0948 e. The van der Waals surface area contributed by atoms with Gasteiger partial charge in [-0.05, 0) is 52.6 Å². The van der Waals surface area contributed by atoms with Gasteiger partial charge >= 0.3 is 0 Å². The van der Waals surface area contributed by atoms with Crippen LogP contribution < -0.4 is 5.32 Å². The molecule has 1 aliphatic rings. The van der Waals surface area contributed by atoms with E-state index >= 15 is 0 Å². The van der Waals surface area contributed by atoms with Crippen molar-refractivity contribution in [3.05, 3.63) is 18.2 Å². The van der Waals surface area contributed by atoms with Gasteiger partial charge in [0, 0.05) is 31.9 Å². The lowest BCUT2D eigenvalue weighted by Gasteiger charge is -2.32. The van der Waals surface area contributed by atoms with E-state index in [-0.39, 0.29) is 0 Å². The number of aryl methyl sites for hydroxylation is 1. The zero-order valence-corrected chi connectivity index (χ0v) is 12.6. The van der Waals surface area contributed by atoms with Crippen molar-refractivity contribution in [2.24, 2.45) is 5.92 Å². The molecule has 1 aliphatic heterocycles. The van der Waals surface area contributed by atoms with Crippen LogP contribution in [0.3, 0.4) is 0 Å². The molecule has 2 rings (SSSR count). The lowest BCUT2D eigenvalue weighted by molar-refractivity contribution is 0.160. The average Bonchev–Trinajstić information content (AvgIpc) is 2.86. The summed E-state index contributed by atoms with van der Waals surface area (Å²) in [5.74, 6) is 0.800. The molecule has 108 valence electrons. The first-order valence-electron chi connectivity index (χ1n) is 7.64. The number of imidazole rings is 1.